The van der Waals surface area contributed by atoms with E-state index in [1.165, 1.54) is 0 Å². The number of aryl methyl sites for hydroxylation is 1. The molecule has 4 nitrogen and oxygen atoms in total. The Labute approximate surface area is 128 Å². The second-order valence-corrected chi connectivity index (χ2v) is 7.62. The smallest absolute Gasteiger partial charge is 0.199 e. The first kappa shape index (κ1) is 15.3. The van der Waals surface area contributed by atoms with E-state index in [0.29, 0.717) is 17.3 Å². The van der Waals surface area contributed by atoms with Gasteiger partial charge in [0.1, 0.15) is 0 Å². The molecule has 0 saturated heterocycles. The second kappa shape index (κ2) is 5.33. The molecule has 0 radical (unpaired) electrons. The predicted molar refractivity (Wildman–Crippen MR) is 82.5 cm³/mol. The molecule has 0 spiro atoms. The highest BCUT2D eigenvalue weighted by molar-refractivity contribution is 9.10. The van der Waals surface area contributed by atoms with E-state index < -0.39 is 10.0 Å². The van der Waals surface area contributed by atoms with Crippen molar-refractivity contribution >= 4 is 26.0 Å². The third-order valence-corrected chi connectivity index (χ3v) is 6.06. The highest BCUT2D eigenvalue weighted by Crippen LogP contribution is 2.25. The summed E-state index contributed by atoms with van der Waals surface area (Å²) in [6.07, 6.45) is 0. The zero-order valence-corrected chi connectivity index (χ0v) is 14.3. The Kier molecular flexibility index (Phi) is 4.07. The fraction of sp³-hybridized carbons (Fsp3) is 0.357. The van der Waals surface area contributed by atoms with Crippen LogP contribution in [0.1, 0.15) is 36.7 Å². The molecule has 0 saturated carbocycles. The zero-order valence-electron chi connectivity index (χ0n) is 11.9. The minimum atomic E-state index is -3.64. The van der Waals surface area contributed by atoms with Crippen LogP contribution in [0.3, 0.4) is 0 Å². The molecule has 1 aromatic carbocycles. The van der Waals surface area contributed by atoms with Gasteiger partial charge in [0.15, 0.2) is 0 Å². The van der Waals surface area contributed by atoms with E-state index in [4.69, 9.17) is 0 Å². The number of nitrogens with zero attached hydrogens (tertiary/aromatic N) is 2. The number of hydrogen-bond acceptors (Lipinski definition) is 3. The number of benzene rings is 1. The first-order chi connectivity index (χ1) is 9.25. The SMILES string of the molecule is Cc1nn(S(=O)(=O)c2ccc(C(C)C)cc2)c(C)c1Br. The molecule has 0 aliphatic rings. The van der Waals surface area contributed by atoms with Crippen molar-refractivity contribution in [3.63, 3.8) is 0 Å². The van der Waals surface area contributed by atoms with Gasteiger partial charge in [-0.3, -0.25) is 0 Å². The standard InChI is InChI=1S/C14H17BrN2O2S/c1-9(2)12-5-7-13(8-6-12)20(18,19)17-11(4)14(15)10(3)16-17/h5-9H,1-4H3. The van der Waals surface area contributed by atoms with Crippen LogP contribution in [0.4, 0.5) is 0 Å². The van der Waals surface area contributed by atoms with Crippen LogP contribution in [0.2, 0.25) is 0 Å². The Morgan fingerprint density at radius 3 is 2.10 bits per heavy atom. The van der Waals surface area contributed by atoms with Gasteiger partial charge in [0, 0.05) is 0 Å². The number of aromatic nitrogens is 2. The van der Waals surface area contributed by atoms with Crippen LogP contribution in [-0.2, 0) is 10.0 Å². The second-order valence-electron chi connectivity index (χ2n) is 5.06. The Hall–Kier alpha value is -1.14. The zero-order chi connectivity index (χ0) is 15.1. The molecule has 6 heteroatoms. The van der Waals surface area contributed by atoms with Crippen molar-refractivity contribution in [3.05, 3.63) is 45.7 Å². The molecule has 0 unspecified atom stereocenters. The summed E-state index contributed by atoms with van der Waals surface area (Å²) >= 11 is 3.35. The van der Waals surface area contributed by atoms with Gasteiger partial charge in [0.2, 0.25) is 0 Å². The van der Waals surface area contributed by atoms with E-state index in [0.717, 1.165) is 14.1 Å². The summed E-state index contributed by atoms with van der Waals surface area (Å²) in [7, 11) is -3.64. The van der Waals surface area contributed by atoms with Crippen LogP contribution >= 0.6 is 15.9 Å². The lowest BCUT2D eigenvalue weighted by molar-refractivity contribution is 0.577. The highest BCUT2D eigenvalue weighted by Gasteiger charge is 2.22. The molecule has 2 aromatic rings. The van der Waals surface area contributed by atoms with Crippen LogP contribution < -0.4 is 0 Å². The predicted octanol–water partition coefficient (Wildman–Crippen LogP) is 3.62. The summed E-state index contributed by atoms with van der Waals surface area (Å²) in [6.45, 7) is 7.64. The topological polar surface area (TPSA) is 52.0 Å². The fourth-order valence-corrected chi connectivity index (χ4v) is 3.69. The maximum atomic E-state index is 12.6. The van der Waals surface area contributed by atoms with E-state index in [1.807, 2.05) is 12.1 Å². The van der Waals surface area contributed by atoms with Crippen molar-refractivity contribution < 1.29 is 8.42 Å². The normalized spacial score (nSPS) is 12.1. The minimum Gasteiger partial charge on any atom is -0.199 e. The van der Waals surface area contributed by atoms with Crippen LogP contribution in [-0.4, -0.2) is 17.6 Å². The maximum absolute atomic E-state index is 12.6. The van der Waals surface area contributed by atoms with Crippen LogP contribution in [0, 0.1) is 13.8 Å². The average Bonchev–Trinajstić information content (AvgIpc) is 2.67. The Balaban J connectivity index is 2.52. The molecule has 2 rings (SSSR count). The van der Waals surface area contributed by atoms with Crippen LogP contribution in [0.25, 0.3) is 0 Å². The molecule has 0 aliphatic carbocycles. The summed E-state index contributed by atoms with van der Waals surface area (Å²) in [5.74, 6) is 0.370. The fourth-order valence-electron chi connectivity index (χ4n) is 1.96. The first-order valence-electron chi connectivity index (χ1n) is 6.32. The molecule has 0 N–H and O–H groups in total. The largest absolute Gasteiger partial charge is 0.283 e. The van der Waals surface area contributed by atoms with Gasteiger partial charge in [-0.05, 0) is 53.4 Å². The first-order valence-corrected chi connectivity index (χ1v) is 8.55. The van der Waals surface area contributed by atoms with Crippen molar-refractivity contribution in [2.75, 3.05) is 0 Å². The van der Waals surface area contributed by atoms with Crippen molar-refractivity contribution in [1.29, 1.82) is 0 Å². The van der Waals surface area contributed by atoms with Gasteiger partial charge in [-0.1, -0.05) is 26.0 Å². The summed E-state index contributed by atoms with van der Waals surface area (Å²) in [5.41, 5.74) is 2.35. The van der Waals surface area contributed by atoms with Crippen LogP contribution in [0.15, 0.2) is 33.6 Å². The molecule has 0 aliphatic heterocycles. The quantitative estimate of drug-likeness (QED) is 0.843. The molecule has 0 bridgehead atoms. The van der Waals surface area contributed by atoms with Crippen molar-refractivity contribution in [1.82, 2.24) is 9.19 Å². The number of halogens is 1. The Morgan fingerprint density at radius 2 is 1.70 bits per heavy atom. The van der Waals surface area contributed by atoms with Gasteiger partial charge < -0.3 is 0 Å². The lowest BCUT2D eigenvalue weighted by Crippen LogP contribution is -2.16. The lowest BCUT2D eigenvalue weighted by atomic mass is 10.0. The van der Waals surface area contributed by atoms with Crippen molar-refractivity contribution in [2.45, 2.75) is 38.5 Å². The van der Waals surface area contributed by atoms with E-state index in [-0.39, 0.29) is 4.90 Å². The van der Waals surface area contributed by atoms with E-state index in [2.05, 4.69) is 34.9 Å². The van der Waals surface area contributed by atoms with Crippen molar-refractivity contribution in [2.24, 2.45) is 0 Å². The van der Waals surface area contributed by atoms with Gasteiger partial charge >= 0.3 is 0 Å². The number of rotatable bonds is 3. The van der Waals surface area contributed by atoms with Gasteiger partial charge in [0.25, 0.3) is 10.0 Å². The van der Waals surface area contributed by atoms with Gasteiger partial charge in [-0.15, -0.1) is 0 Å². The summed E-state index contributed by atoms with van der Waals surface area (Å²) in [5, 5.41) is 4.10. The average molecular weight is 357 g/mol. The Morgan fingerprint density at radius 1 is 1.15 bits per heavy atom. The van der Waals surface area contributed by atoms with E-state index >= 15 is 0 Å². The van der Waals surface area contributed by atoms with Crippen molar-refractivity contribution in [3.8, 4) is 0 Å². The molecule has 1 aromatic heterocycles. The van der Waals surface area contributed by atoms with Gasteiger partial charge in [0.05, 0.1) is 20.8 Å². The molecular weight excluding hydrogens is 340 g/mol. The van der Waals surface area contributed by atoms with E-state index in [9.17, 15) is 8.42 Å². The molecule has 1 heterocycles. The summed E-state index contributed by atoms with van der Waals surface area (Å²) in [4.78, 5) is 0.250. The molecule has 0 amide bonds. The maximum Gasteiger partial charge on any atom is 0.283 e. The minimum absolute atomic E-state index is 0.250. The Bertz CT molecular complexity index is 731. The third kappa shape index (κ3) is 2.54. The molecule has 0 atom stereocenters. The van der Waals surface area contributed by atoms with E-state index in [1.54, 1.807) is 26.0 Å². The number of hydrogen-bond donors (Lipinski definition) is 0. The summed E-state index contributed by atoms with van der Waals surface area (Å²) in [6, 6.07) is 6.96. The molecule has 0 fully saturated rings. The van der Waals surface area contributed by atoms with Gasteiger partial charge in [-0.25, -0.2) is 0 Å². The lowest BCUT2D eigenvalue weighted by Gasteiger charge is -2.09. The molecular formula is C14H17BrN2O2S. The van der Waals surface area contributed by atoms with Gasteiger partial charge in [-0.2, -0.15) is 17.6 Å². The third-order valence-electron chi connectivity index (χ3n) is 3.24. The molecule has 108 valence electrons. The molecule has 20 heavy (non-hydrogen) atoms. The van der Waals surface area contributed by atoms with Crippen LogP contribution in [0.5, 0.6) is 0 Å². The monoisotopic (exact) mass is 356 g/mol. The summed E-state index contributed by atoms with van der Waals surface area (Å²) < 4.78 is 27.0. The highest BCUT2D eigenvalue weighted by atomic mass is 79.9.